The van der Waals surface area contributed by atoms with Gasteiger partial charge < -0.3 is 10.6 Å². The quantitative estimate of drug-likeness (QED) is 0.825. The van der Waals surface area contributed by atoms with Gasteiger partial charge in [-0.05, 0) is 37.3 Å². The van der Waals surface area contributed by atoms with Gasteiger partial charge in [0.2, 0.25) is 0 Å². The zero-order chi connectivity index (χ0) is 13.0. The molecule has 0 bridgehead atoms. The molecule has 0 spiro atoms. The topological polar surface area (TPSA) is 29.3 Å². The van der Waals surface area contributed by atoms with E-state index in [-0.39, 0.29) is 0 Å². The third-order valence-corrected chi connectivity index (χ3v) is 4.18. The molecule has 1 unspecified atom stereocenters. The van der Waals surface area contributed by atoms with Gasteiger partial charge in [-0.3, -0.25) is 0 Å². The number of para-hydroxylation sites is 1. The Kier molecular flexibility index (Phi) is 4.76. The van der Waals surface area contributed by atoms with Crippen molar-refractivity contribution in [3.63, 3.8) is 0 Å². The van der Waals surface area contributed by atoms with E-state index < -0.39 is 0 Å². The van der Waals surface area contributed by atoms with Gasteiger partial charge in [-0.25, -0.2) is 0 Å². The first kappa shape index (κ1) is 13.5. The van der Waals surface area contributed by atoms with E-state index in [2.05, 4.69) is 11.8 Å². The molecule has 18 heavy (non-hydrogen) atoms. The van der Waals surface area contributed by atoms with Crippen LogP contribution in [0.25, 0.3) is 0 Å². The molecule has 0 aromatic heterocycles. The highest BCUT2D eigenvalue weighted by Crippen LogP contribution is 2.34. The lowest BCUT2D eigenvalue weighted by Gasteiger charge is -2.25. The lowest BCUT2D eigenvalue weighted by molar-refractivity contribution is 0.435. The van der Waals surface area contributed by atoms with E-state index in [1.807, 2.05) is 18.2 Å². The first-order valence-electron chi connectivity index (χ1n) is 7.01. The molecule has 1 aromatic rings. The lowest BCUT2D eigenvalue weighted by Crippen LogP contribution is -2.25. The van der Waals surface area contributed by atoms with E-state index in [0.717, 1.165) is 35.4 Å². The third kappa shape index (κ3) is 3.11. The van der Waals surface area contributed by atoms with Gasteiger partial charge >= 0.3 is 0 Å². The molecule has 3 heteroatoms. The Balaban J connectivity index is 2.10. The minimum absolute atomic E-state index is 0.781. The zero-order valence-corrected chi connectivity index (χ0v) is 11.9. The van der Waals surface area contributed by atoms with Crippen molar-refractivity contribution in [1.82, 2.24) is 0 Å². The Bertz CT molecular complexity index is 372. The maximum atomic E-state index is 6.29. The summed E-state index contributed by atoms with van der Waals surface area (Å²) in [5, 5.41) is 0.781. The second kappa shape index (κ2) is 6.33. The second-order valence-electron chi connectivity index (χ2n) is 5.25. The van der Waals surface area contributed by atoms with Crippen LogP contribution in [-0.4, -0.2) is 13.1 Å². The summed E-state index contributed by atoms with van der Waals surface area (Å²) in [6.07, 6.45) is 6.49. The number of benzene rings is 1. The van der Waals surface area contributed by atoms with Crippen LogP contribution in [0.3, 0.4) is 0 Å². The van der Waals surface area contributed by atoms with E-state index in [1.165, 1.54) is 32.1 Å². The average molecular weight is 267 g/mol. The molecule has 2 N–H and O–H groups in total. The van der Waals surface area contributed by atoms with Crippen LogP contribution in [0, 0.1) is 5.92 Å². The number of rotatable bonds is 3. The van der Waals surface area contributed by atoms with Crippen LogP contribution in [0.2, 0.25) is 5.02 Å². The van der Waals surface area contributed by atoms with Gasteiger partial charge in [0.05, 0.1) is 16.4 Å². The molecule has 1 aliphatic heterocycles. The predicted molar refractivity (Wildman–Crippen MR) is 80.3 cm³/mol. The van der Waals surface area contributed by atoms with Gasteiger partial charge in [0, 0.05) is 13.1 Å². The molecule has 0 radical (unpaired) electrons. The summed E-state index contributed by atoms with van der Waals surface area (Å²) in [7, 11) is 0. The van der Waals surface area contributed by atoms with E-state index in [0.29, 0.717) is 0 Å². The normalized spacial score (nSPS) is 20.8. The van der Waals surface area contributed by atoms with Gasteiger partial charge in [0.25, 0.3) is 0 Å². The van der Waals surface area contributed by atoms with E-state index in [1.54, 1.807) is 0 Å². The van der Waals surface area contributed by atoms with E-state index in [4.69, 9.17) is 17.3 Å². The maximum Gasteiger partial charge on any atom is 0.0789 e. The number of hydrogen-bond acceptors (Lipinski definition) is 2. The number of nitrogens with two attached hydrogens (primary N) is 1. The van der Waals surface area contributed by atoms with Crippen LogP contribution in [0.15, 0.2) is 18.2 Å². The fourth-order valence-corrected chi connectivity index (χ4v) is 3.25. The Morgan fingerprint density at radius 2 is 2.17 bits per heavy atom. The first-order chi connectivity index (χ1) is 8.72. The highest BCUT2D eigenvalue weighted by Gasteiger charge is 2.19. The van der Waals surface area contributed by atoms with E-state index in [9.17, 15) is 0 Å². The average Bonchev–Trinajstić information content (AvgIpc) is 2.56. The lowest BCUT2D eigenvalue weighted by atomic mass is 9.96. The second-order valence-corrected chi connectivity index (χ2v) is 5.66. The van der Waals surface area contributed by atoms with Crippen LogP contribution in [0.4, 0.5) is 11.4 Å². The molecular formula is C15H23ClN2. The van der Waals surface area contributed by atoms with Crippen LogP contribution >= 0.6 is 11.6 Å². The molecule has 2 rings (SSSR count). The van der Waals surface area contributed by atoms with Crippen LogP contribution in [-0.2, 0) is 0 Å². The number of anilines is 2. The minimum Gasteiger partial charge on any atom is -0.397 e. The van der Waals surface area contributed by atoms with E-state index >= 15 is 0 Å². The maximum absolute atomic E-state index is 6.29. The summed E-state index contributed by atoms with van der Waals surface area (Å²) >= 11 is 6.29. The summed E-state index contributed by atoms with van der Waals surface area (Å²) < 4.78 is 0. The highest BCUT2D eigenvalue weighted by molar-refractivity contribution is 6.34. The number of nitrogens with zero attached hydrogens (tertiary/aromatic N) is 1. The summed E-state index contributed by atoms with van der Waals surface area (Å²) in [4.78, 5) is 2.37. The van der Waals surface area contributed by atoms with Crippen LogP contribution in [0.5, 0.6) is 0 Å². The minimum atomic E-state index is 0.781. The number of hydrogen-bond donors (Lipinski definition) is 1. The molecule has 1 aromatic carbocycles. The van der Waals surface area contributed by atoms with Gasteiger partial charge in [0.15, 0.2) is 0 Å². The largest absolute Gasteiger partial charge is 0.397 e. The Morgan fingerprint density at radius 1 is 1.33 bits per heavy atom. The van der Waals surface area contributed by atoms with Crippen molar-refractivity contribution < 1.29 is 0 Å². The molecule has 0 aliphatic carbocycles. The predicted octanol–water partition coefficient (Wildman–Crippen LogP) is 4.33. The van der Waals surface area contributed by atoms with Crippen molar-refractivity contribution in [2.24, 2.45) is 5.92 Å². The standard InChI is InChI=1S/C15H23ClN2/c1-2-5-12-6-4-10-18(11-9-12)15-13(16)7-3-8-14(15)17/h3,7-8,12H,2,4-6,9-11,17H2,1H3. The number of halogens is 1. The van der Waals surface area contributed by atoms with Crippen molar-refractivity contribution in [1.29, 1.82) is 0 Å². The summed E-state index contributed by atoms with van der Waals surface area (Å²) in [5.41, 5.74) is 7.91. The third-order valence-electron chi connectivity index (χ3n) is 3.88. The monoisotopic (exact) mass is 266 g/mol. The van der Waals surface area contributed by atoms with Crippen molar-refractivity contribution in [2.75, 3.05) is 23.7 Å². The smallest absolute Gasteiger partial charge is 0.0789 e. The summed E-state index contributed by atoms with van der Waals surface area (Å²) in [5.74, 6) is 0.878. The summed E-state index contributed by atoms with van der Waals surface area (Å²) in [6.45, 7) is 4.43. The fourth-order valence-electron chi connectivity index (χ4n) is 2.95. The molecule has 2 nitrogen and oxygen atoms in total. The van der Waals surface area contributed by atoms with Gasteiger partial charge in [-0.1, -0.05) is 37.4 Å². The van der Waals surface area contributed by atoms with Crippen molar-refractivity contribution >= 4 is 23.0 Å². The molecule has 1 atom stereocenters. The van der Waals surface area contributed by atoms with Crippen LogP contribution < -0.4 is 10.6 Å². The molecule has 1 heterocycles. The molecule has 0 saturated carbocycles. The van der Waals surface area contributed by atoms with Crippen LogP contribution in [0.1, 0.15) is 39.0 Å². The van der Waals surface area contributed by atoms with Gasteiger partial charge in [-0.2, -0.15) is 0 Å². The molecule has 1 saturated heterocycles. The molecule has 1 fully saturated rings. The van der Waals surface area contributed by atoms with Crippen molar-refractivity contribution in [3.05, 3.63) is 23.2 Å². The Morgan fingerprint density at radius 3 is 2.89 bits per heavy atom. The Hall–Kier alpha value is -0.890. The fraction of sp³-hybridized carbons (Fsp3) is 0.600. The molecule has 1 aliphatic rings. The van der Waals surface area contributed by atoms with Crippen molar-refractivity contribution in [2.45, 2.75) is 39.0 Å². The van der Waals surface area contributed by atoms with Gasteiger partial charge in [-0.15, -0.1) is 0 Å². The SMILES string of the molecule is CCCC1CCCN(c2c(N)cccc2Cl)CC1. The summed E-state index contributed by atoms with van der Waals surface area (Å²) in [6, 6.07) is 5.79. The van der Waals surface area contributed by atoms with Crippen molar-refractivity contribution in [3.8, 4) is 0 Å². The highest BCUT2D eigenvalue weighted by atomic mass is 35.5. The first-order valence-corrected chi connectivity index (χ1v) is 7.39. The Labute approximate surface area is 115 Å². The molecule has 100 valence electrons. The zero-order valence-electron chi connectivity index (χ0n) is 11.2. The molecular weight excluding hydrogens is 244 g/mol. The number of nitrogen functional groups attached to an aromatic ring is 1. The van der Waals surface area contributed by atoms with Gasteiger partial charge in [0.1, 0.15) is 0 Å². The molecule has 0 amide bonds.